The Hall–Kier alpha value is -2.24. The van der Waals surface area contributed by atoms with E-state index in [-0.39, 0.29) is 11.9 Å². The molecule has 110 valence electrons. The fourth-order valence-electron chi connectivity index (χ4n) is 2.48. The molecular formula is C15H17N3O3. The van der Waals surface area contributed by atoms with Crippen LogP contribution in [0, 0.1) is 5.92 Å². The van der Waals surface area contributed by atoms with Crippen LogP contribution in [0.3, 0.4) is 0 Å². The predicted molar refractivity (Wildman–Crippen MR) is 74.8 cm³/mol. The zero-order chi connectivity index (χ0) is 14.8. The minimum Gasteiger partial charge on any atom is -0.481 e. The molecule has 0 unspecified atom stereocenters. The second-order valence-electron chi connectivity index (χ2n) is 5.59. The Morgan fingerprint density at radius 3 is 2.86 bits per heavy atom. The van der Waals surface area contributed by atoms with Gasteiger partial charge in [0.25, 0.3) is 5.91 Å². The van der Waals surface area contributed by atoms with Gasteiger partial charge >= 0.3 is 5.97 Å². The van der Waals surface area contributed by atoms with Crippen molar-refractivity contribution in [2.75, 3.05) is 0 Å². The van der Waals surface area contributed by atoms with Crippen molar-refractivity contribution in [3.05, 3.63) is 35.9 Å². The highest BCUT2D eigenvalue weighted by Crippen LogP contribution is 2.37. The van der Waals surface area contributed by atoms with Gasteiger partial charge < -0.3 is 10.4 Å². The molecule has 2 N–H and O–H groups in total. The SMILES string of the molecule is O=C(N[C@@H]1C=CC[C@@H](C(=O)O)C1)c1ccnc(C2CC2)n1. The van der Waals surface area contributed by atoms with E-state index in [1.807, 2.05) is 12.2 Å². The van der Waals surface area contributed by atoms with E-state index in [4.69, 9.17) is 5.11 Å². The van der Waals surface area contributed by atoms with Gasteiger partial charge in [0.15, 0.2) is 0 Å². The number of allylic oxidation sites excluding steroid dienone is 1. The number of carboxylic acid groups (broad SMARTS) is 1. The molecule has 0 aliphatic heterocycles. The number of rotatable bonds is 4. The number of carbonyl (C=O) groups excluding carboxylic acids is 1. The standard InChI is InChI=1S/C15H17N3O3/c19-14(12-6-7-16-13(18-12)9-4-5-9)17-11-3-1-2-10(8-11)15(20)21/h1,3,6-7,9-11H,2,4-5,8H2,(H,17,19)(H,20,21)/t10-,11-/m1/s1. The maximum absolute atomic E-state index is 12.2. The molecule has 3 rings (SSSR count). The third kappa shape index (κ3) is 3.26. The molecule has 0 saturated heterocycles. The lowest BCUT2D eigenvalue weighted by atomic mass is 9.91. The minimum atomic E-state index is -0.823. The van der Waals surface area contributed by atoms with Crippen molar-refractivity contribution in [1.82, 2.24) is 15.3 Å². The molecule has 2 aliphatic carbocycles. The minimum absolute atomic E-state index is 0.258. The zero-order valence-electron chi connectivity index (χ0n) is 11.5. The number of carbonyl (C=O) groups is 2. The first kappa shape index (κ1) is 13.7. The quantitative estimate of drug-likeness (QED) is 0.819. The average Bonchev–Trinajstić information content (AvgIpc) is 3.32. The maximum Gasteiger partial charge on any atom is 0.306 e. The lowest BCUT2D eigenvalue weighted by Crippen LogP contribution is -2.38. The number of carboxylic acids is 1. The molecule has 6 nitrogen and oxygen atoms in total. The van der Waals surface area contributed by atoms with Gasteiger partial charge in [0, 0.05) is 18.2 Å². The fraction of sp³-hybridized carbons (Fsp3) is 0.467. The highest BCUT2D eigenvalue weighted by Gasteiger charge is 2.28. The number of amides is 1. The zero-order valence-corrected chi connectivity index (χ0v) is 11.5. The third-order valence-corrected chi connectivity index (χ3v) is 3.84. The topological polar surface area (TPSA) is 92.2 Å². The molecule has 2 atom stereocenters. The molecule has 0 spiro atoms. The molecule has 6 heteroatoms. The second kappa shape index (κ2) is 5.63. The largest absolute Gasteiger partial charge is 0.481 e. The second-order valence-corrected chi connectivity index (χ2v) is 5.59. The Morgan fingerprint density at radius 2 is 2.14 bits per heavy atom. The Kier molecular flexibility index (Phi) is 3.68. The van der Waals surface area contributed by atoms with E-state index in [1.165, 1.54) is 0 Å². The van der Waals surface area contributed by atoms with Crippen molar-refractivity contribution in [1.29, 1.82) is 0 Å². The summed E-state index contributed by atoms with van der Waals surface area (Å²) in [5.74, 6) is -0.418. The van der Waals surface area contributed by atoms with Crippen molar-refractivity contribution < 1.29 is 14.7 Å². The van der Waals surface area contributed by atoms with Crippen LogP contribution >= 0.6 is 0 Å². The molecule has 0 bridgehead atoms. The normalized spacial score (nSPS) is 24.6. The summed E-state index contributed by atoms with van der Waals surface area (Å²) in [5, 5.41) is 11.9. The van der Waals surface area contributed by atoms with E-state index in [0.717, 1.165) is 18.7 Å². The van der Waals surface area contributed by atoms with Gasteiger partial charge in [-0.05, 0) is 31.7 Å². The van der Waals surface area contributed by atoms with E-state index in [2.05, 4.69) is 15.3 Å². The van der Waals surface area contributed by atoms with Crippen molar-refractivity contribution in [2.45, 2.75) is 37.6 Å². The van der Waals surface area contributed by atoms with E-state index in [9.17, 15) is 9.59 Å². The van der Waals surface area contributed by atoms with Gasteiger partial charge in [-0.25, -0.2) is 9.97 Å². The van der Waals surface area contributed by atoms with Crippen LogP contribution in [0.15, 0.2) is 24.4 Å². The van der Waals surface area contributed by atoms with E-state index < -0.39 is 11.9 Å². The van der Waals surface area contributed by atoms with Crippen molar-refractivity contribution in [2.24, 2.45) is 5.92 Å². The van der Waals surface area contributed by atoms with Crippen molar-refractivity contribution >= 4 is 11.9 Å². The number of aliphatic carboxylic acids is 1. The molecule has 0 radical (unpaired) electrons. The number of hydrogen-bond acceptors (Lipinski definition) is 4. The van der Waals surface area contributed by atoms with Gasteiger partial charge in [-0.15, -0.1) is 0 Å². The maximum atomic E-state index is 12.2. The lowest BCUT2D eigenvalue weighted by molar-refractivity contribution is -0.142. The Balaban J connectivity index is 1.66. The summed E-state index contributed by atoms with van der Waals surface area (Å²) in [6.07, 6.45) is 8.35. The number of nitrogens with zero attached hydrogens (tertiary/aromatic N) is 2. The van der Waals surface area contributed by atoms with Crippen molar-refractivity contribution in [3.8, 4) is 0 Å². The van der Waals surface area contributed by atoms with Gasteiger partial charge in [-0.3, -0.25) is 9.59 Å². The van der Waals surface area contributed by atoms with Crippen LogP contribution in [0.5, 0.6) is 0 Å². The first-order chi connectivity index (χ1) is 10.1. The van der Waals surface area contributed by atoms with Crippen LogP contribution in [-0.4, -0.2) is 33.0 Å². The smallest absolute Gasteiger partial charge is 0.306 e. The molecule has 21 heavy (non-hydrogen) atoms. The number of hydrogen-bond donors (Lipinski definition) is 2. The van der Waals surface area contributed by atoms with Crippen LogP contribution in [0.1, 0.15) is 47.9 Å². The first-order valence-electron chi connectivity index (χ1n) is 7.17. The first-order valence-corrected chi connectivity index (χ1v) is 7.17. The van der Waals surface area contributed by atoms with Gasteiger partial charge in [0.2, 0.25) is 0 Å². The highest BCUT2D eigenvalue weighted by atomic mass is 16.4. The van der Waals surface area contributed by atoms with Crippen LogP contribution < -0.4 is 5.32 Å². The summed E-state index contributed by atoms with van der Waals surface area (Å²) in [4.78, 5) is 31.7. The van der Waals surface area contributed by atoms with Gasteiger partial charge in [0.1, 0.15) is 11.5 Å². The van der Waals surface area contributed by atoms with Gasteiger partial charge in [0.05, 0.1) is 5.92 Å². The van der Waals surface area contributed by atoms with Gasteiger partial charge in [-0.1, -0.05) is 12.2 Å². The summed E-state index contributed by atoms with van der Waals surface area (Å²) >= 11 is 0. The van der Waals surface area contributed by atoms with E-state index in [1.54, 1.807) is 12.3 Å². The monoisotopic (exact) mass is 287 g/mol. The summed E-state index contributed by atoms with van der Waals surface area (Å²) in [5.41, 5.74) is 0.345. The summed E-state index contributed by atoms with van der Waals surface area (Å²) in [7, 11) is 0. The molecule has 2 aliphatic rings. The van der Waals surface area contributed by atoms with Crippen LogP contribution in [-0.2, 0) is 4.79 Å². The third-order valence-electron chi connectivity index (χ3n) is 3.84. The molecule has 1 fully saturated rings. The Labute approximate surface area is 122 Å². The molecule has 1 saturated carbocycles. The fourth-order valence-corrected chi connectivity index (χ4v) is 2.48. The molecule has 0 aromatic carbocycles. The summed E-state index contributed by atoms with van der Waals surface area (Å²) in [6.45, 7) is 0. The Morgan fingerprint density at radius 1 is 1.33 bits per heavy atom. The number of nitrogens with one attached hydrogen (secondary N) is 1. The molecule has 1 amide bonds. The predicted octanol–water partition coefficient (Wildman–Crippen LogP) is 1.50. The Bertz CT molecular complexity index is 596. The average molecular weight is 287 g/mol. The van der Waals surface area contributed by atoms with E-state index in [0.29, 0.717) is 24.5 Å². The van der Waals surface area contributed by atoms with Gasteiger partial charge in [-0.2, -0.15) is 0 Å². The highest BCUT2D eigenvalue weighted by molar-refractivity contribution is 5.92. The van der Waals surface area contributed by atoms with Crippen LogP contribution in [0.25, 0.3) is 0 Å². The summed E-state index contributed by atoms with van der Waals surface area (Å²) in [6, 6.07) is 1.33. The molecular weight excluding hydrogens is 270 g/mol. The van der Waals surface area contributed by atoms with E-state index >= 15 is 0 Å². The summed E-state index contributed by atoms with van der Waals surface area (Å²) < 4.78 is 0. The lowest BCUT2D eigenvalue weighted by Gasteiger charge is -2.22. The molecule has 1 aromatic heterocycles. The van der Waals surface area contributed by atoms with Crippen LogP contribution in [0.2, 0.25) is 0 Å². The van der Waals surface area contributed by atoms with Crippen LogP contribution in [0.4, 0.5) is 0 Å². The molecule has 1 heterocycles. The number of aromatic nitrogens is 2. The van der Waals surface area contributed by atoms with Crippen molar-refractivity contribution in [3.63, 3.8) is 0 Å². The molecule has 1 aromatic rings.